The number of carbonyl (C=O) groups is 1. The van der Waals surface area contributed by atoms with E-state index in [0.29, 0.717) is 41.8 Å². The van der Waals surface area contributed by atoms with Crippen molar-refractivity contribution < 1.29 is 19.0 Å². The number of benzene rings is 2. The Balaban J connectivity index is 1.40. The molecule has 1 amide bonds. The van der Waals surface area contributed by atoms with Gasteiger partial charge in [-0.05, 0) is 48.5 Å². The molecule has 0 atom stereocenters. The Bertz CT molecular complexity index is 972. The number of anilines is 3. The van der Waals surface area contributed by atoms with E-state index < -0.39 is 0 Å². The number of hydrogen-bond donors (Lipinski definition) is 2. The van der Waals surface area contributed by atoms with E-state index in [-0.39, 0.29) is 5.91 Å². The van der Waals surface area contributed by atoms with Crippen LogP contribution in [0.4, 0.5) is 17.2 Å². The second kappa shape index (κ2) is 7.87. The highest BCUT2D eigenvalue weighted by atomic mass is 16.6. The van der Waals surface area contributed by atoms with E-state index in [2.05, 4.69) is 15.6 Å². The number of nitrogens with zero attached hydrogens (tertiary/aromatic N) is 1. The lowest BCUT2D eigenvalue weighted by atomic mass is 10.2. The van der Waals surface area contributed by atoms with Gasteiger partial charge in [0.25, 0.3) is 5.91 Å². The van der Waals surface area contributed by atoms with Crippen LogP contribution in [0.1, 0.15) is 10.4 Å². The smallest absolute Gasteiger partial charge is 0.255 e. The Kier molecular flexibility index (Phi) is 4.97. The van der Waals surface area contributed by atoms with Gasteiger partial charge in [0.1, 0.15) is 24.8 Å². The summed E-state index contributed by atoms with van der Waals surface area (Å²) in [5.41, 5.74) is 1.99. The molecule has 0 saturated carbocycles. The number of fused-ring (bicyclic) bond motifs is 1. The molecule has 1 aromatic heterocycles. The average molecular weight is 377 g/mol. The number of methoxy groups -OCH3 is 1. The normalized spacial score (nSPS) is 12.2. The minimum Gasteiger partial charge on any atom is -0.497 e. The van der Waals surface area contributed by atoms with Gasteiger partial charge in [0, 0.05) is 17.3 Å². The van der Waals surface area contributed by atoms with Gasteiger partial charge in [0.2, 0.25) is 0 Å². The predicted octanol–water partition coefficient (Wildman–Crippen LogP) is 3.86. The third-order valence-corrected chi connectivity index (χ3v) is 4.19. The first-order valence-electron chi connectivity index (χ1n) is 8.79. The Morgan fingerprint density at radius 3 is 2.43 bits per heavy atom. The van der Waals surface area contributed by atoms with Crippen molar-refractivity contribution >= 4 is 23.1 Å². The fraction of sp³-hybridized carbons (Fsp3) is 0.143. The molecule has 0 fully saturated rings. The second-order valence-corrected chi connectivity index (χ2v) is 6.10. The molecule has 142 valence electrons. The Morgan fingerprint density at radius 2 is 1.71 bits per heavy atom. The van der Waals surface area contributed by atoms with Crippen LogP contribution in [0.15, 0.2) is 60.8 Å². The summed E-state index contributed by atoms with van der Waals surface area (Å²) in [6.45, 7) is 1.10. The maximum Gasteiger partial charge on any atom is 0.255 e. The van der Waals surface area contributed by atoms with Gasteiger partial charge in [-0.15, -0.1) is 0 Å². The van der Waals surface area contributed by atoms with Crippen LogP contribution in [0.2, 0.25) is 0 Å². The average Bonchev–Trinajstić information content (AvgIpc) is 2.75. The molecule has 3 aromatic rings. The molecule has 7 heteroatoms. The van der Waals surface area contributed by atoms with E-state index in [1.165, 1.54) is 0 Å². The van der Waals surface area contributed by atoms with Crippen molar-refractivity contribution in [1.29, 1.82) is 0 Å². The highest BCUT2D eigenvalue weighted by molar-refractivity contribution is 6.04. The summed E-state index contributed by atoms with van der Waals surface area (Å²) in [6, 6.07) is 16.1. The monoisotopic (exact) mass is 377 g/mol. The van der Waals surface area contributed by atoms with Gasteiger partial charge >= 0.3 is 0 Å². The molecule has 0 spiro atoms. The van der Waals surface area contributed by atoms with Crippen molar-refractivity contribution in [3.8, 4) is 17.2 Å². The second-order valence-electron chi connectivity index (χ2n) is 6.10. The van der Waals surface area contributed by atoms with Crippen LogP contribution in [0, 0.1) is 0 Å². The number of hydrogen-bond acceptors (Lipinski definition) is 6. The zero-order chi connectivity index (χ0) is 19.3. The molecule has 1 aliphatic heterocycles. The number of carbonyl (C=O) groups excluding carboxylic acids is 1. The highest BCUT2D eigenvalue weighted by Crippen LogP contribution is 2.33. The van der Waals surface area contributed by atoms with Gasteiger partial charge in [-0.2, -0.15) is 0 Å². The summed E-state index contributed by atoms with van der Waals surface area (Å²) in [7, 11) is 1.58. The number of ether oxygens (including phenoxy) is 3. The molecule has 0 aliphatic carbocycles. The minimum atomic E-state index is -0.211. The standard InChI is InChI=1S/C21H19N3O4/c1-26-17-6-2-14(3-7-17)21(25)24-16-5-9-20(22-13-16)23-15-4-8-18-19(12-15)28-11-10-27-18/h2-9,12-13H,10-11H2,1H3,(H,22,23)(H,24,25). The van der Waals surface area contributed by atoms with Gasteiger partial charge in [-0.25, -0.2) is 4.98 Å². The van der Waals surface area contributed by atoms with Crippen molar-refractivity contribution in [3.05, 3.63) is 66.4 Å². The fourth-order valence-corrected chi connectivity index (χ4v) is 2.76. The third kappa shape index (κ3) is 3.98. The van der Waals surface area contributed by atoms with Crippen LogP contribution in [0.3, 0.4) is 0 Å². The molecule has 1 aliphatic rings. The zero-order valence-electron chi connectivity index (χ0n) is 15.3. The van der Waals surface area contributed by atoms with Gasteiger partial charge in [0.05, 0.1) is 19.0 Å². The van der Waals surface area contributed by atoms with Crippen molar-refractivity contribution in [2.45, 2.75) is 0 Å². The van der Waals surface area contributed by atoms with Gasteiger partial charge in [-0.1, -0.05) is 0 Å². The summed E-state index contributed by atoms with van der Waals surface area (Å²) in [5, 5.41) is 6.03. The van der Waals surface area contributed by atoms with Crippen LogP contribution in [-0.2, 0) is 0 Å². The number of aromatic nitrogens is 1. The largest absolute Gasteiger partial charge is 0.497 e. The SMILES string of the molecule is COc1ccc(C(=O)Nc2ccc(Nc3ccc4c(c3)OCCO4)nc2)cc1. The molecule has 0 saturated heterocycles. The zero-order valence-corrected chi connectivity index (χ0v) is 15.3. The lowest BCUT2D eigenvalue weighted by Gasteiger charge is -2.19. The molecule has 4 rings (SSSR count). The molecular weight excluding hydrogens is 358 g/mol. The number of nitrogens with one attached hydrogen (secondary N) is 2. The highest BCUT2D eigenvalue weighted by Gasteiger charge is 2.12. The molecule has 0 unspecified atom stereocenters. The molecule has 2 heterocycles. The Hall–Kier alpha value is -3.74. The van der Waals surface area contributed by atoms with Crippen LogP contribution in [-0.4, -0.2) is 31.2 Å². The minimum absolute atomic E-state index is 0.211. The first kappa shape index (κ1) is 17.7. The first-order chi connectivity index (χ1) is 13.7. The van der Waals surface area contributed by atoms with Gasteiger partial charge < -0.3 is 24.8 Å². The molecule has 7 nitrogen and oxygen atoms in total. The Morgan fingerprint density at radius 1 is 0.964 bits per heavy atom. The molecule has 28 heavy (non-hydrogen) atoms. The van der Waals surface area contributed by atoms with Crippen LogP contribution in [0.25, 0.3) is 0 Å². The summed E-state index contributed by atoms with van der Waals surface area (Å²) in [4.78, 5) is 16.6. The number of rotatable bonds is 5. The summed E-state index contributed by atoms with van der Waals surface area (Å²) < 4.78 is 16.2. The van der Waals surface area contributed by atoms with Crippen molar-refractivity contribution in [2.24, 2.45) is 0 Å². The summed E-state index contributed by atoms with van der Waals surface area (Å²) in [6.07, 6.45) is 1.60. The molecule has 2 aromatic carbocycles. The van der Waals surface area contributed by atoms with Gasteiger partial charge in [-0.3, -0.25) is 4.79 Å². The van der Waals surface area contributed by atoms with E-state index in [1.54, 1.807) is 49.7 Å². The van der Waals surface area contributed by atoms with Crippen LogP contribution < -0.4 is 24.8 Å². The van der Waals surface area contributed by atoms with Gasteiger partial charge in [0.15, 0.2) is 11.5 Å². The topological polar surface area (TPSA) is 81.7 Å². The fourth-order valence-electron chi connectivity index (χ4n) is 2.76. The van der Waals surface area contributed by atoms with Crippen molar-refractivity contribution in [3.63, 3.8) is 0 Å². The number of amides is 1. The maximum atomic E-state index is 12.3. The molecule has 0 radical (unpaired) electrons. The Labute approximate surface area is 162 Å². The van der Waals surface area contributed by atoms with Crippen molar-refractivity contribution in [1.82, 2.24) is 4.98 Å². The number of pyridine rings is 1. The van der Waals surface area contributed by atoms with Crippen LogP contribution >= 0.6 is 0 Å². The van der Waals surface area contributed by atoms with E-state index in [9.17, 15) is 4.79 Å². The van der Waals surface area contributed by atoms with E-state index in [0.717, 1.165) is 11.4 Å². The lowest BCUT2D eigenvalue weighted by Crippen LogP contribution is -2.15. The predicted molar refractivity (Wildman–Crippen MR) is 106 cm³/mol. The van der Waals surface area contributed by atoms with E-state index >= 15 is 0 Å². The maximum absolute atomic E-state index is 12.3. The third-order valence-electron chi connectivity index (χ3n) is 4.19. The quantitative estimate of drug-likeness (QED) is 0.703. The molecular formula is C21H19N3O4. The molecule has 0 bridgehead atoms. The summed E-state index contributed by atoms with van der Waals surface area (Å²) >= 11 is 0. The van der Waals surface area contributed by atoms with E-state index in [1.807, 2.05) is 18.2 Å². The first-order valence-corrected chi connectivity index (χ1v) is 8.79. The molecule has 2 N–H and O–H groups in total. The lowest BCUT2D eigenvalue weighted by molar-refractivity contribution is 0.102. The van der Waals surface area contributed by atoms with Crippen LogP contribution in [0.5, 0.6) is 17.2 Å². The summed E-state index contributed by atoms with van der Waals surface area (Å²) in [5.74, 6) is 2.59. The van der Waals surface area contributed by atoms with E-state index in [4.69, 9.17) is 14.2 Å². The van der Waals surface area contributed by atoms with Crippen molar-refractivity contribution in [2.75, 3.05) is 31.0 Å².